The van der Waals surface area contributed by atoms with Crippen LogP contribution in [0.2, 0.25) is 0 Å². The molecular formula is C14H24N4O2. The molecular weight excluding hydrogens is 256 g/mol. The van der Waals surface area contributed by atoms with Crippen molar-refractivity contribution in [1.82, 2.24) is 10.2 Å². The van der Waals surface area contributed by atoms with Crippen LogP contribution < -0.4 is 21.1 Å². The van der Waals surface area contributed by atoms with Crippen LogP contribution >= 0.6 is 0 Å². The molecule has 4 N–H and O–H groups in total. The van der Waals surface area contributed by atoms with Gasteiger partial charge < -0.3 is 26.0 Å². The minimum Gasteiger partial charge on any atom is -0.491 e. The highest BCUT2D eigenvalue weighted by Gasteiger charge is 2.06. The first-order chi connectivity index (χ1) is 9.56. The van der Waals surface area contributed by atoms with Crippen molar-refractivity contribution in [2.75, 3.05) is 44.8 Å². The lowest BCUT2D eigenvalue weighted by molar-refractivity contribution is 0.218. The minimum absolute atomic E-state index is 0.111. The molecule has 6 heteroatoms. The number of carbonyl (C=O) groups excluding carboxylic acids is 1. The molecule has 0 aromatic heterocycles. The number of anilines is 2. The Morgan fingerprint density at radius 3 is 2.75 bits per heavy atom. The number of para-hydroxylation sites is 1. The van der Waals surface area contributed by atoms with Gasteiger partial charge in [0, 0.05) is 27.2 Å². The first-order valence-electron chi connectivity index (χ1n) is 6.76. The number of urea groups is 1. The molecule has 1 rings (SSSR count). The molecule has 0 fully saturated rings. The molecule has 0 atom stereocenters. The number of nitrogen functional groups attached to an aromatic ring is 1. The van der Waals surface area contributed by atoms with Crippen molar-refractivity contribution in [1.29, 1.82) is 0 Å². The highest BCUT2D eigenvalue weighted by Crippen LogP contribution is 2.29. The maximum Gasteiger partial charge on any atom is 0.316 e. The van der Waals surface area contributed by atoms with Crippen molar-refractivity contribution in [3.63, 3.8) is 0 Å². The zero-order valence-corrected chi connectivity index (χ0v) is 12.4. The summed E-state index contributed by atoms with van der Waals surface area (Å²) in [4.78, 5) is 12.8. The lowest BCUT2D eigenvalue weighted by atomic mass is 10.2. The highest BCUT2D eigenvalue weighted by molar-refractivity contribution is 5.74. The summed E-state index contributed by atoms with van der Waals surface area (Å²) in [5.41, 5.74) is 7.45. The molecule has 6 nitrogen and oxygen atoms in total. The van der Waals surface area contributed by atoms with Gasteiger partial charge in [-0.1, -0.05) is 13.0 Å². The van der Waals surface area contributed by atoms with E-state index in [1.54, 1.807) is 14.1 Å². The van der Waals surface area contributed by atoms with Gasteiger partial charge in [-0.15, -0.1) is 0 Å². The Morgan fingerprint density at radius 1 is 1.35 bits per heavy atom. The third-order valence-electron chi connectivity index (χ3n) is 2.65. The van der Waals surface area contributed by atoms with E-state index >= 15 is 0 Å². The van der Waals surface area contributed by atoms with Gasteiger partial charge in [0.05, 0.1) is 18.0 Å². The van der Waals surface area contributed by atoms with Crippen LogP contribution in [0.1, 0.15) is 13.3 Å². The maximum atomic E-state index is 11.3. The van der Waals surface area contributed by atoms with Gasteiger partial charge in [-0.3, -0.25) is 0 Å². The normalized spacial score (nSPS) is 9.95. The Hall–Kier alpha value is -2.11. The van der Waals surface area contributed by atoms with Gasteiger partial charge in [0.25, 0.3) is 0 Å². The molecule has 20 heavy (non-hydrogen) atoms. The van der Waals surface area contributed by atoms with Crippen LogP contribution in [0.25, 0.3) is 0 Å². The lowest BCUT2D eigenvalue weighted by Crippen LogP contribution is -2.37. The minimum atomic E-state index is -0.111. The average molecular weight is 280 g/mol. The van der Waals surface area contributed by atoms with Gasteiger partial charge in [-0.2, -0.15) is 0 Å². The van der Waals surface area contributed by atoms with Crippen molar-refractivity contribution in [3.8, 4) is 5.75 Å². The first kappa shape index (κ1) is 15.9. The summed E-state index contributed by atoms with van der Waals surface area (Å²) >= 11 is 0. The van der Waals surface area contributed by atoms with Crippen LogP contribution in [-0.4, -0.2) is 44.7 Å². The first-order valence-corrected chi connectivity index (χ1v) is 6.76. The van der Waals surface area contributed by atoms with E-state index in [1.165, 1.54) is 4.90 Å². The second kappa shape index (κ2) is 8.14. The third kappa shape index (κ3) is 4.87. The second-order valence-corrected chi connectivity index (χ2v) is 4.62. The smallest absolute Gasteiger partial charge is 0.316 e. The fraction of sp³-hybridized carbons (Fsp3) is 0.500. The monoisotopic (exact) mass is 280 g/mol. The van der Waals surface area contributed by atoms with Crippen LogP contribution in [0.15, 0.2) is 18.2 Å². The molecule has 1 aromatic rings. The van der Waals surface area contributed by atoms with Gasteiger partial charge in [0.1, 0.15) is 5.75 Å². The zero-order valence-electron chi connectivity index (χ0n) is 12.4. The predicted molar refractivity (Wildman–Crippen MR) is 82.2 cm³/mol. The van der Waals surface area contributed by atoms with Crippen LogP contribution in [-0.2, 0) is 0 Å². The fourth-order valence-electron chi connectivity index (χ4n) is 1.56. The van der Waals surface area contributed by atoms with Crippen molar-refractivity contribution < 1.29 is 9.53 Å². The maximum absolute atomic E-state index is 11.3. The fourth-order valence-corrected chi connectivity index (χ4v) is 1.56. The number of carbonyl (C=O) groups is 1. The summed E-state index contributed by atoms with van der Waals surface area (Å²) in [6.45, 7) is 3.82. The molecule has 0 heterocycles. The summed E-state index contributed by atoms with van der Waals surface area (Å²) in [5.74, 6) is 0.689. The van der Waals surface area contributed by atoms with Gasteiger partial charge in [0.2, 0.25) is 0 Å². The lowest BCUT2D eigenvalue weighted by Gasteiger charge is -2.15. The number of nitrogens with one attached hydrogen (secondary N) is 2. The molecule has 0 unspecified atom stereocenters. The van der Waals surface area contributed by atoms with E-state index in [0.717, 1.165) is 12.1 Å². The van der Waals surface area contributed by atoms with Gasteiger partial charge in [0.15, 0.2) is 0 Å². The van der Waals surface area contributed by atoms with Crippen molar-refractivity contribution in [2.45, 2.75) is 13.3 Å². The number of nitrogens with zero attached hydrogens (tertiary/aromatic N) is 1. The molecule has 0 radical (unpaired) electrons. The Morgan fingerprint density at radius 2 is 2.10 bits per heavy atom. The molecule has 0 aliphatic carbocycles. The SMILES string of the molecule is CCCOc1cccc(NCCNC(=O)N(C)C)c1N. The topological polar surface area (TPSA) is 79.6 Å². The molecule has 0 saturated carbocycles. The molecule has 112 valence electrons. The molecule has 2 amide bonds. The van der Waals surface area contributed by atoms with Crippen LogP contribution in [0, 0.1) is 0 Å². The van der Waals surface area contributed by atoms with Crippen molar-refractivity contribution in [2.24, 2.45) is 0 Å². The quantitative estimate of drug-likeness (QED) is 0.525. The van der Waals surface area contributed by atoms with Gasteiger partial charge >= 0.3 is 6.03 Å². The Kier molecular flexibility index (Phi) is 6.49. The Bertz CT molecular complexity index is 435. The largest absolute Gasteiger partial charge is 0.491 e. The van der Waals surface area contributed by atoms with Gasteiger partial charge in [-0.05, 0) is 18.6 Å². The number of rotatable bonds is 7. The number of hydrogen-bond donors (Lipinski definition) is 3. The van der Waals surface area contributed by atoms with E-state index in [2.05, 4.69) is 10.6 Å². The van der Waals surface area contributed by atoms with E-state index in [1.807, 2.05) is 25.1 Å². The Labute approximate surface area is 120 Å². The van der Waals surface area contributed by atoms with E-state index in [0.29, 0.717) is 31.1 Å². The summed E-state index contributed by atoms with van der Waals surface area (Å²) in [6, 6.07) is 5.52. The van der Waals surface area contributed by atoms with Gasteiger partial charge in [-0.25, -0.2) is 4.79 Å². The number of nitrogens with two attached hydrogens (primary N) is 1. The van der Waals surface area contributed by atoms with Crippen LogP contribution in [0.3, 0.4) is 0 Å². The number of hydrogen-bond acceptors (Lipinski definition) is 4. The predicted octanol–water partition coefficient (Wildman–Crippen LogP) is 1.74. The summed E-state index contributed by atoms with van der Waals surface area (Å²) in [6.07, 6.45) is 0.938. The molecule has 1 aromatic carbocycles. The number of amides is 2. The van der Waals surface area contributed by atoms with Crippen molar-refractivity contribution in [3.05, 3.63) is 18.2 Å². The molecule has 0 bridgehead atoms. The number of ether oxygens (including phenoxy) is 1. The standard InChI is InChI=1S/C14H24N4O2/c1-4-10-20-12-7-5-6-11(13(12)15)16-8-9-17-14(19)18(2)3/h5-7,16H,4,8-10,15H2,1-3H3,(H,17,19). The second-order valence-electron chi connectivity index (χ2n) is 4.62. The Balaban J connectivity index is 2.46. The average Bonchev–Trinajstić information content (AvgIpc) is 2.43. The van der Waals surface area contributed by atoms with Crippen molar-refractivity contribution >= 4 is 17.4 Å². The zero-order chi connectivity index (χ0) is 15.0. The molecule has 0 spiro atoms. The summed E-state index contributed by atoms with van der Waals surface area (Å²) in [7, 11) is 3.41. The highest BCUT2D eigenvalue weighted by atomic mass is 16.5. The van der Waals surface area contributed by atoms with E-state index < -0.39 is 0 Å². The summed E-state index contributed by atoms with van der Waals surface area (Å²) in [5, 5.41) is 5.96. The van der Waals surface area contributed by atoms with Crippen LogP contribution in [0.4, 0.5) is 16.2 Å². The third-order valence-corrected chi connectivity index (χ3v) is 2.65. The van der Waals surface area contributed by atoms with E-state index in [4.69, 9.17) is 10.5 Å². The number of benzene rings is 1. The molecule has 0 saturated heterocycles. The van der Waals surface area contributed by atoms with E-state index in [-0.39, 0.29) is 6.03 Å². The summed E-state index contributed by atoms with van der Waals surface area (Å²) < 4.78 is 5.56. The molecule has 0 aliphatic rings. The van der Waals surface area contributed by atoms with Crippen LogP contribution in [0.5, 0.6) is 5.75 Å². The molecule has 0 aliphatic heterocycles. The van der Waals surface area contributed by atoms with E-state index in [9.17, 15) is 4.79 Å².